The minimum absolute atomic E-state index is 0.430. The zero-order chi connectivity index (χ0) is 10.0. The highest BCUT2D eigenvalue weighted by molar-refractivity contribution is 9.10. The average Bonchev–Trinajstić information content (AvgIpc) is 2.51. The Labute approximate surface area is 91.2 Å². The fraction of sp³-hybridized carbons (Fsp3) is 0.500. The molecule has 1 atom stereocenters. The van der Waals surface area contributed by atoms with E-state index in [0.29, 0.717) is 26.1 Å². The summed E-state index contributed by atoms with van der Waals surface area (Å²) >= 11 is 3.35. The van der Waals surface area contributed by atoms with E-state index in [4.69, 9.17) is 4.74 Å². The molecule has 3 nitrogen and oxygen atoms in total. The molecule has 0 saturated carbocycles. The molecule has 0 amide bonds. The van der Waals surface area contributed by atoms with E-state index < -0.39 is 5.60 Å². The number of pyridine rings is 1. The van der Waals surface area contributed by atoms with Gasteiger partial charge < -0.3 is 9.84 Å². The van der Waals surface area contributed by atoms with Crippen LogP contribution >= 0.6 is 15.9 Å². The van der Waals surface area contributed by atoms with Crippen LogP contribution < -0.4 is 0 Å². The maximum Gasteiger partial charge on any atom is 0.0942 e. The van der Waals surface area contributed by atoms with Crippen molar-refractivity contribution in [3.63, 3.8) is 0 Å². The van der Waals surface area contributed by atoms with E-state index in [1.807, 2.05) is 6.07 Å². The Kier molecular flexibility index (Phi) is 2.85. The van der Waals surface area contributed by atoms with Gasteiger partial charge in [0.05, 0.1) is 12.2 Å². The highest BCUT2D eigenvalue weighted by Crippen LogP contribution is 2.23. The Morgan fingerprint density at radius 2 is 2.43 bits per heavy atom. The van der Waals surface area contributed by atoms with Gasteiger partial charge in [0, 0.05) is 36.3 Å². The third-order valence-electron chi connectivity index (χ3n) is 2.38. The van der Waals surface area contributed by atoms with E-state index in [0.717, 1.165) is 10.0 Å². The van der Waals surface area contributed by atoms with Crippen molar-refractivity contribution in [2.45, 2.75) is 18.4 Å². The molecule has 1 saturated heterocycles. The molecule has 2 rings (SSSR count). The Morgan fingerprint density at radius 1 is 1.57 bits per heavy atom. The van der Waals surface area contributed by atoms with Crippen molar-refractivity contribution in [3.8, 4) is 0 Å². The van der Waals surface area contributed by atoms with Gasteiger partial charge in [-0.3, -0.25) is 4.98 Å². The third-order valence-corrected chi connectivity index (χ3v) is 2.81. The van der Waals surface area contributed by atoms with Gasteiger partial charge in [-0.2, -0.15) is 0 Å². The summed E-state index contributed by atoms with van der Waals surface area (Å²) in [7, 11) is 0. The molecule has 4 heteroatoms. The smallest absolute Gasteiger partial charge is 0.0942 e. The number of aromatic nitrogens is 1. The van der Waals surface area contributed by atoms with Crippen LogP contribution in [0.15, 0.2) is 22.9 Å². The molecular formula is C10H12BrNO2. The Bertz CT molecular complexity index is 324. The number of hydrogen-bond donors (Lipinski definition) is 1. The fourth-order valence-corrected chi connectivity index (χ4v) is 2.08. The molecule has 76 valence electrons. The Hall–Kier alpha value is -0.450. The predicted molar refractivity (Wildman–Crippen MR) is 56.0 cm³/mol. The molecular weight excluding hydrogens is 246 g/mol. The number of halogens is 1. The third kappa shape index (κ3) is 2.32. The van der Waals surface area contributed by atoms with Gasteiger partial charge in [0.1, 0.15) is 0 Å². The van der Waals surface area contributed by atoms with Crippen LogP contribution in [-0.2, 0) is 11.2 Å². The molecule has 0 radical (unpaired) electrons. The van der Waals surface area contributed by atoms with E-state index in [2.05, 4.69) is 20.9 Å². The first-order chi connectivity index (χ1) is 6.68. The Morgan fingerprint density at radius 3 is 3.07 bits per heavy atom. The van der Waals surface area contributed by atoms with Crippen LogP contribution in [0.3, 0.4) is 0 Å². The van der Waals surface area contributed by atoms with Gasteiger partial charge in [-0.05, 0) is 27.6 Å². The molecule has 1 aliphatic rings. The summed E-state index contributed by atoms with van der Waals surface area (Å²) in [6, 6.07) is 1.98. The molecule has 0 aromatic carbocycles. The topological polar surface area (TPSA) is 42.4 Å². The second kappa shape index (κ2) is 3.96. The number of ether oxygens (including phenoxy) is 1. The molecule has 14 heavy (non-hydrogen) atoms. The standard InChI is InChI=1S/C10H12BrNO2/c11-9-3-8(5-12-6-9)4-10(13)1-2-14-7-10/h3,5-6,13H,1-2,4,7H2. The van der Waals surface area contributed by atoms with Crippen molar-refractivity contribution < 1.29 is 9.84 Å². The van der Waals surface area contributed by atoms with Crippen molar-refractivity contribution in [1.29, 1.82) is 0 Å². The fourth-order valence-electron chi connectivity index (χ4n) is 1.67. The van der Waals surface area contributed by atoms with Crippen molar-refractivity contribution in [2.24, 2.45) is 0 Å². The summed E-state index contributed by atoms with van der Waals surface area (Å²) in [6.07, 6.45) is 4.83. The van der Waals surface area contributed by atoms with Gasteiger partial charge in [-0.15, -0.1) is 0 Å². The van der Waals surface area contributed by atoms with E-state index in [1.165, 1.54) is 0 Å². The first kappa shape index (κ1) is 10.1. The lowest BCUT2D eigenvalue weighted by Crippen LogP contribution is -2.31. The molecule has 2 heterocycles. The summed E-state index contributed by atoms with van der Waals surface area (Å²) in [5.41, 5.74) is 0.343. The summed E-state index contributed by atoms with van der Waals surface area (Å²) in [5, 5.41) is 10.1. The minimum atomic E-state index is -0.692. The molecule has 1 fully saturated rings. The number of aliphatic hydroxyl groups is 1. The van der Waals surface area contributed by atoms with Crippen molar-refractivity contribution in [1.82, 2.24) is 4.98 Å². The molecule has 1 aromatic rings. The lowest BCUT2D eigenvalue weighted by molar-refractivity contribution is 0.0270. The quantitative estimate of drug-likeness (QED) is 0.874. The molecule has 1 N–H and O–H groups in total. The molecule has 0 bridgehead atoms. The average molecular weight is 258 g/mol. The molecule has 0 spiro atoms. The highest BCUT2D eigenvalue weighted by Gasteiger charge is 2.32. The van der Waals surface area contributed by atoms with Crippen LogP contribution in [0.1, 0.15) is 12.0 Å². The first-order valence-electron chi connectivity index (χ1n) is 4.58. The van der Waals surface area contributed by atoms with E-state index in [-0.39, 0.29) is 0 Å². The van der Waals surface area contributed by atoms with Gasteiger partial charge in [0.15, 0.2) is 0 Å². The minimum Gasteiger partial charge on any atom is -0.387 e. The molecule has 0 aliphatic carbocycles. The van der Waals surface area contributed by atoms with Crippen molar-refractivity contribution >= 4 is 15.9 Å². The van der Waals surface area contributed by atoms with Crippen molar-refractivity contribution in [2.75, 3.05) is 13.2 Å². The van der Waals surface area contributed by atoms with Crippen LogP contribution in [-0.4, -0.2) is 28.9 Å². The van der Waals surface area contributed by atoms with Gasteiger partial charge in [-0.1, -0.05) is 0 Å². The van der Waals surface area contributed by atoms with Gasteiger partial charge in [-0.25, -0.2) is 0 Å². The zero-order valence-electron chi connectivity index (χ0n) is 7.74. The Balaban J connectivity index is 2.10. The summed E-state index contributed by atoms with van der Waals surface area (Å²) in [4.78, 5) is 4.06. The zero-order valence-corrected chi connectivity index (χ0v) is 9.33. The summed E-state index contributed by atoms with van der Waals surface area (Å²) in [6.45, 7) is 1.08. The maximum absolute atomic E-state index is 10.1. The van der Waals surface area contributed by atoms with Crippen LogP contribution in [0, 0.1) is 0 Å². The lowest BCUT2D eigenvalue weighted by Gasteiger charge is -2.19. The van der Waals surface area contributed by atoms with Gasteiger partial charge in [0.2, 0.25) is 0 Å². The van der Waals surface area contributed by atoms with E-state index in [1.54, 1.807) is 12.4 Å². The van der Waals surface area contributed by atoms with Crippen molar-refractivity contribution in [3.05, 3.63) is 28.5 Å². The van der Waals surface area contributed by atoms with Crippen LogP contribution in [0.25, 0.3) is 0 Å². The number of nitrogens with zero attached hydrogens (tertiary/aromatic N) is 1. The monoisotopic (exact) mass is 257 g/mol. The maximum atomic E-state index is 10.1. The summed E-state index contributed by atoms with van der Waals surface area (Å²) in [5.74, 6) is 0. The predicted octanol–water partition coefficient (Wildman–Crippen LogP) is 1.54. The largest absolute Gasteiger partial charge is 0.387 e. The van der Waals surface area contributed by atoms with Crippen LogP contribution in [0.2, 0.25) is 0 Å². The van der Waals surface area contributed by atoms with Gasteiger partial charge >= 0.3 is 0 Å². The van der Waals surface area contributed by atoms with E-state index in [9.17, 15) is 5.11 Å². The van der Waals surface area contributed by atoms with Crippen LogP contribution in [0.4, 0.5) is 0 Å². The SMILES string of the molecule is OC1(Cc2cncc(Br)c2)CCOC1. The molecule has 1 aromatic heterocycles. The van der Waals surface area contributed by atoms with Crippen LogP contribution in [0.5, 0.6) is 0 Å². The van der Waals surface area contributed by atoms with E-state index >= 15 is 0 Å². The number of hydrogen-bond acceptors (Lipinski definition) is 3. The second-order valence-corrected chi connectivity index (χ2v) is 4.63. The normalized spacial score (nSPS) is 26.7. The summed E-state index contributed by atoms with van der Waals surface area (Å²) < 4.78 is 6.12. The van der Waals surface area contributed by atoms with Gasteiger partial charge in [0.25, 0.3) is 0 Å². The highest BCUT2D eigenvalue weighted by atomic mass is 79.9. The molecule has 1 aliphatic heterocycles. The second-order valence-electron chi connectivity index (χ2n) is 3.72. The molecule has 1 unspecified atom stereocenters. The number of rotatable bonds is 2. The lowest BCUT2D eigenvalue weighted by atomic mass is 9.95. The first-order valence-corrected chi connectivity index (χ1v) is 5.37.